The zero-order valence-electron chi connectivity index (χ0n) is 22.0. The van der Waals surface area contributed by atoms with Crippen LogP contribution in [0.1, 0.15) is 5.56 Å². The number of hydrogen-bond acceptors (Lipinski definition) is 11. The molecule has 0 amide bonds. The van der Waals surface area contributed by atoms with Crippen molar-refractivity contribution in [3.8, 4) is 17.2 Å². The quantitative estimate of drug-likeness (QED) is 0.448. The van der Waals surface area contributed by atoms with Crippen LogP contribution in [-0.2, 0) is 43.6 Å². The predicted octanol–water partition coefficient (Wildman–Crippen LogP) is 2.24. The van der Waals surface area contributed by atoms with E-state index < -0.39 is 35.5 Å². The van der Waals surface area contributed by atoms with Crippen LogP contribution in [0.15, 0.2) is 46.6 Å². The first-order valence-electron chi connectivity index (χ1n) is 11.3. The summed E-state index contributed by atoms with van der Waals surface area (Å²) < 4.78 is 50.8. The summed E-state index contributed by atoms with van der Waals surface area (Å²) in [5.41, 5.74) is -1.16. The van der Waals surface area contributed by atoms with Gasteiger partial charge in [-0.25, -0.2) is 9.59 Å². The highest BCUT2D eigenvalue weighted by Crippen LogP contribution is 2.66. The average Bonchev–Trinajstić information content (AvgIpc) is 3.46. The van der Waals surface area contributed by atoms with Gasteiger partial charge in [-0.05, 0) is 18.2 Å². The van der Waals surface area contributed by atoms with E-state index in [1.165, 1.54) is 56.9 Å². The number of esters is 2. The van der Waals surface area contributed by atoms with E-state index in [4.69, 9.17) is 42.6 Å². The van der Waals surface area contributed by atoms with E-state index in [0.29, 0.717) is 28.6 Å². The van der Waals surface area contributed by atoms with Gasteiger partial charge < -0.3 is 42.6 Å². The summed E-state index contributed by atoms with van der Waals surface area (Å²) in [5, 5.41) is 0. The molecule has 11 nitrogen and oxygen atoms in total. The Hall–Kier alpha value is -3.86. The minimum Gasteiger partial charge on any atom is -0.497 e. The SMILES string of the molecule is COC(=O)C1=C(C(=O)OC)C2(c3ccc(OC)c(OC)c3OC)OC1C1C(OC)=C(OC)C(OC)=CC12. The number of methoxy groups -OCH3 is 8. The standard InChI is InChI=1S/C26H30O11/c1-29-14-10-9-12(19(31-3)20(14)32-4)26-13-11-15(30-2)21(33-5)23(34-6)16(13)22(37-26)17(24(27)35-7)18(26)25(28)36-8/h9-11,13,16,22H,1-8H3. The largest absolute Gasteiger partial charge is 0.497 e. The second-order valence-electron chi connectivity index (χ2n) is 8.32. The fourth-order valence-corrected chi connectivity index (χ4v) is 5.69. The van der Waals surface area contributed by atoms with Crippen LogP contribution in [0.4, 0.5) is 0 Å². The maximum atomic E-state index is 13.4. The van der Waals surface area contributed by atoms with E-state index in [9.17, 15) is 9.59 Å². The maximum Gasteiger partial charge on any atom is 0.337 e. The zero-order chi connectivity index (χ0) is 27.1. The van der Waals surface area contributed by atoms with Crippen LogP contribution in [0, 0.1) is 11.8 Å². The van der Waals surface area contributed by atoms with Crippen LogP contribution in [0.25, 0.3) is 0 Å². The molecule has 2 aliphatic heterocycles. The van der Waals surface area contributed by atoms with Gasteiger partial charge >= 0.3 is 11.9 Å². The summed E-state index contributed by atoms with van der Waals surface area (Å²) in [6, 6.07) is 3.37. The van der Waals surface area contributed by atoms with Crippen LogP contribution < -0.4 is 14.2 Å². The van der Waals surface area contributed by atoms with Crippen molar-refractivity contribution >= 4 is 11.9 Å². The maximum absolute atomic E-state index is 13.4. The van der Waals surface area contributed by atoms with Crippen LogP contribution >= 0.6 is 0 Å². The molecule has 0 saturated carbocycles. The summed E-state index contributed by atoms with van der Waals surface area (Å²) in [5.74, 6) is -0.647. The summed E-state index contributed by atoms with van der Waals surface area (Å²) in [6.07, 6.45) is 0.846. The number of hydrogen-bond donors (Lipinski definition) is 0. The van der Waals surface area contributed by atoms with Crippen molar-refractivity contribution in [1.29, 1.82) is 0 Å². The molecule has 1 aliphatic carbocycles. The molecule has 11 heteroatoms. The van der Waals surface area contributed by atoms with Crippen molar-refractivity contribution in [2.75, 3.05) is 56.9 Å². The molecule has 0 spiro atoms. The van der Waals surface area contributed by atoms with Crippen LogP contribution in [0.3, 0.4) is 0 Å². The van der Waals surface area contributed by atoms with Gasteiger partial charge in [-0.15, -0.1) is 0 Å². The average molecular weight is 519 g/mol. The lowest BCUT2D eigenvalue weighted by Crippen LogP contribution is -2.44. The first kappa shape index (κ1) is 26.2. The summed E-state index contributed by atoms with van der Waals surface area (Å²) >= 11 is 0. The van der Waals surface area contributed by atoms with E-state index >= 15 is 0 Å². The minimum atomic E-state index is -1.58. The highest BCUT2D eigenvalue weighted by atomic mass is 16.6. The first-order valence-corrected chi connectivity index (χ1v) is 11.3. The molecule has 37 heavy (non-hydrogen) atoms. The first-order chi connectivity index (χ1) is 17.8. The Balaban J connectivity index is 2.15. The van der Waals surface area contributed by atoms with Crippen molar-refractivity contribution in [2.45, 2.75) is 11.7 Å². The molecule has 4 unspecified atom stereocenters. The molecule has 4 atom stereocenters. The van der Waals surface area contributed by atoms with E-state index in [2.05, 4.69) is 0 Å². The molecule has 0 aromatic heterocycles. The smallest absolute Gasteiger partial charge is 0.337 e. The second-order valence-corrected chi connectivity index (χ2v) is 8.32. The van der Waals surface area contributed by atoms with Gasteiger partial charge in [0, 0.05) is 11.5 Å². The van der Waals surface area contributed by atoms with Gasteiger partial charge in [-0.1, -0.05) is 0 Å². The number of carbonyl (C=O) groups excluding carboxylic acids is 2. The minimum absolute atomic E-state index is 0.0124. The van der Waals surface area contributed by atoms with Gasteiger partial charge in [-0.3, -0.25) is 0 Å². The van der Waals surface area contributed by atoms with Gasteiger partial charge in [0.2, 0.25) is 5.75 Å². The van der Waals surface area contributed by atoms with E-state index in [0.717, 1.165) is 0 Å². The Morgan fingerprint density at radius 1 is 0.784 bits per heavy atom. The van der Waals surface area contributed by atoms with Gasteiger partial charge in [0.05, 0.1) is 73.9 Å². The fraction of sp³-hybridized carbons (Fsp3) is 0.462. The second kappa shape index (κ2) is 9.89. The highest BCUT2D eigenvalue weighted by molar-refractivity contribution is 6.05. The summed E-state index contributed by atoms with van der Waals surface area (Å²) in [4.78, 5) is 26.6. The van der Waals surface area contributed by atoms with Crippen molar-refractivity contribution in [3.05, 3.63) is 52.2 Å². The van der Waals surface area contributed by atoms with Gasteiger partial charge in [0.25, 0.3) is 0 Å². The third-order valence-electron chi connectivity index (χ3n) is 7.04. The monoisotopic (exact) mass is 518 g/mol. The molecule has 1 fully saturated rings. The Morgan fingerprint density at radius 3 is 1.97 bits per heavy atom. The molecule has 2 bridgehead atoms. The number of fused-ring (bicyclic) bond motifs is 5. The van der Waals surface area contributed by atoms with Crippen molar-refractivity contribution < 1.29 is 52.2 Å². The third kappa shape index (κ3) is 3.44. The normalized spacial score (nSPS) is 25.7. The van der Waals surface area contributed by atoms with Crippen molar-refractivity contribution in [3.63, 3.8) is 0 Å². The Bertz CT molecular complexity index is 1210. The number of carbonyl (C=O) groups is 2. The van der Waals surface area contributed by atoms with E-state index in [-0.39, 0.29) is 22.6 Å². The van der Waals surface area contributed by atoms with Gasteiger partial charge in [0.1, 0.15) is 17.5 Å². The topological polar surface area (TPSA) is 117 Å². The van der Waals surface area contributed by atoms with Crippen LogP contribution in [-0.4, -0.2) is 74.9 Å². The molecule has 3 aliphatic rings. The van der Waals surface area contributed by atoms with Crippen LogP contribution in [0.2, 0.25) is 0 Å². The fourth-order valence-electron chi connectivity index (χ4n) is 5.69. The third-order valence-corrected chi connectivity index (χ3v) is 7.04. The highest BCUT2D eigenvalue weighted by Gasteiger charge is 2.70. The lowest BCUT2D eigenvalue weighted by molar-refractivity contribution is -0.140. The molecular formula is C26H30O11. The summed E-state index contributed by atoms with van der Waals surface area (Å²) in [7, 11) is 11.3. The molecule has 0 N–H and O–H groups in total. The number of rotatable bonds is 9. The molecular weight excluding hydrogens is 488 g/mol. The van der Waals surface area contributed by atoms with Gasteiger partial charge in [0.15, 0.2) is 23.0 Å². The molecule has 1 aromatic carbocycles. The Kier molecular flexibility index (Phi) is 7.00. The lowest BCUT2D eigenvalue weighted by atomic mass is 9.63. The van der Waals surface area contributed by atoms with Crippen LogP contribution in [0.5, 0.6) is 17.2 Å². The Morgan fingerprint density at radius 2 is 1.46 bits per heavy atom. The number of ether oxygens (including phenoxy) is 9. The van der Waals surface area contributed by atoms with E-state index in [1.807, 2.05) is 0 Å². The molecule has 1 saturated heterocycles. The predicted molar refractivity (Wildman–Crippen MR) is 127 cm³/mol. The lowest BCUT2D eigenvalue weighted by Gasteiger charge is -2.40. The van der Waals surface area contributed by atoms with Crippen molar-refractivity contribution in [1.82, 2.24) is 0 Å². The van der Waals surface area contributed by atoms with Gasteiger partial charge in [-0.2, -0.15) is 0 Å². The molecule has 200 valence electrons. The van der Waals surface area contributed by atoms with Crippen molar-refractivity contribution in [2.24, 2.45) is 11.8 Å². The zero-order valence-corrected chi connectivity index (χ0v) is 22.0. The molecule has 4 rings (SSSR count). The molecule has 0 radical (unpaired) electrons. The molecule has 2 heterocycles. The Labute approximate surface area is 214 Å². The van der Waals surface area contributed by atoms with E-state index in [1.54, 1.807) is 18.2 Å². The summed E-state index contributed by atoms with van der Waals surface area (Å²) in [6.45, 7) is 0. The number of benzene rings is 1. The molecule has 1 aromatic rings.